The molecule has 0 aromatic heterocycles. The van der Waals surface area contributed by atoms with Crippen LogP contribution in [0.5, 0.6) is 5.75 Å². The minimum Gasteiger partial charge on any atom is -0.483 e. The van der Waals surface area contributed by atoms with Crippen molar-refractivity contribution in [2.45, 2.75) is 32.6 Å². The molecule has 0 unspecified atom stereocenters. The SMILES string of the molecule is C[C@@H]1CN(C(=O)COc2ccccc2C(=O)NCc2ccccc2)C[C@@H](C)O1. The quantitative estimate of drug-likeness (QED) is 0.834. The number of nitrogens with zero attached hydrogens (tertiary/aromatic N) is 1. The summed E-state index contributed by atoms with van der Waals surface area (Å²) in [5.74, 6) is 0.0535. The summed E-state index contributed by atoms with van der Waals surface area (Å²) in [4.78, 5) is 26.8. The summed E-state index contributed by atoms with van der Waals surface area (Å²) in [7, 11) is 0. The average molecular weight is 382 g/mol. The normalized spacial score (nSPS) is 19.1. The monoisotopic (exact) mass is 382 g/mol. The van der Waals surface area contributed by atoms with Crippen LogP contribution in [0.3, 0.4) is 0 Å². The van der Waals surface area contributed by atoms with E-state index in [0.29, 0.717) is 30.9 Å². The lowest BCUT2D eigenvalue weighted by Gasteiger charge is -2.35. The van der Waals surface area contributed by atoms with Gasteiger partial charge in [0, 0.05) is 19.6 Å². The number of rotatable bonds is 6. The molecule has 0 aliphatic carbocycles. The Hall–Kier alpha value is -2.86. The molecule has 6 heteroatoms. The molecule has 1 aliphatic rings. The number of hydrogen-bond donors (Lipinski definition) is 1. The molecular formula is C22H26N2O4. The minimum atomic E-state index is -0.236. The molecule has 1 N–H and O–H groups in total. The van der Waals surface area contributed by atoms with Crippen LogP contribution in [-0.2, 0) is 16.1 Å². The van der Waals surface area contributed by atoms with E-state index in [1.807, 2.05) is 44.2 Å². The van der Waals surface area contributed by atoms with Crippen molar-refractivity contribution < 1.29 is 19.1 Å². The molecule has 2 aromatic rings. The van der Waals surface area contributed by atoms with E-state index in [0.717, 1.165) is 5.56 Å². The molecule has 0 radical (unpaired) electrons. The topological polar surface area (TPSA) is 67.9 Å². The fraction of sp³-hybridized carbons (Fsp3) is 0.364. The van der Waals surface area contributed by atoms with Gasteiger partial charge in [0.25, 0.3) is 11.8 Å². The molecule has 1 heterocycles. The first-order valence-corrected chi connectivity index (χ1v) is 9.50. The van der Waals surface area contributed by atoms with Crippen LogP contribution in [0.25, 0.3) is 0 Å². The number of carbonyl (C=O) groups excluding carboxylic acids is 2. The molecule has 3 rings (SSSR count). The van der Waals surface area contributed by atoms with Gasteiger partial charge in [-0.15, -0.1) is 0 Å². The Morgan fingerprint density at radius 3 is 2.39 bits per heavy atom. The van der Waals surface area contributed by atoms with Crippen LogP contribution < -0.4 is 10.1 Å². The highest BCUT2D eigenvalue weighted by Gasteiger charge is 2.26. The van der Waals surface area contributed by atoms with Crippen molar-refractivity contribution in [2.75, 3.05) is 19.7 Å². The van der Waals surface area contributed by atoms with E-state index in [-0.39, 0.29) is 30.6 Å². The van der Waals surface area contributed by atoms with Crippen LogP contribution in [0.4, 0.5) is 0 Å². The predicted octanol–water partition coefficient (Wildman–Crippen LogP) is 2.63. The van der Waals surface area contributed by atoms with Gasteiger partial charge in [-0.25, -0.2) is 0 Å². The largest absolute Gasteiger partial charge is 0.483 e. The second-order valence-electron chi connectivity index (χ2n) is 7.01. The Balaban J connectivity index is 1.59. The minimum absolute atomic E-state index is 0.00347. The standard InChI is InChI=1S/C22H26N2O4/c1-16-13-24(14-17(2)28-16)21(25)15-27-20-11-7-6-10-19(20)22(26)23-12-18-8-4-3-5-9-18/h3-11,16-17H,12-15H2,1-2H3,(H,23,26)/t16-,17-/m1/s1. The van der Waals surface area contributed by atoms with Gasteiger partial charge >= 0.3 is 0 Å². The van der Waals surface area contributed by atoms with Crippen molar-refractivity contribution in [1.29, 1.82) is 0 Å². The van der Waals surface area contributed by atoms with E-state index in [1.54, 1.807) is 29.2 Å². The number of morpholine rings is 1. The molecule has 1 aliphatic heterocycles. The highest BCUT2D eigenvalue weighted by Crippen LogP contribution is 2.19. The van der Waals surface area contributed by atoms with Crippen LogP contribution in [0, 0.1) is 0 Å². The lowest BCUT2D eigenvalue weighted by atomic mass is 10.1. The van der Waals surface area contributed by atoms with Crippen LogP contribution in [-0.4, -0.2) is 48.6 Å². The third-order valence-electron chi connectivity index (χ3n) is 4.55. The lowest BCUT2D eigenvalue weighted by Crippen LogP contribution is -2.49. The summed E-state index contributed by atoms with van der Waals surface area (Å²) in [6.45, 7) is 5.31. The summed E-state index contributed by atoms with van der Waals surface area (Å²) in [5, 5.41) is 2.89. The van der Waals surface area contributed by atoms with E-state index in [1.165, 1.54) is 0 Å². The average Bonchev–Trinajstić information content (AvgIpc) is 2.70. The molecule has 28 heavy (non-hydrogen) atoms. The van der Waals surface area contributed by atoms with Gasteiger partial charge in [0.15, 0.2) is 6.61 Å². The summed E-state index contributed by atoms with van der Waals surface area (Å²) >= 11 is 0. The van der Waals surface area contributed by atoms with Gasteiger partial charge < -0.3 is 19.7 Å². The Labute approximate surface area is 165 Å². The number of hydrogen-bond acceptors (Lipinski definition) is 4. The molecule has 1 saturated heterocycles. The third kappa shape index (κ3) is 5.33. The number of nitrogens with one attached hydrogen (secondary N) is 1. The molecule has 0 bridgehead atoms. The highest BCUT2D eigenvalue weighted by molar-refractivity contribution is 5.97. The molecular weight excluding hydrogens is 356 g/mol. The lowest BCUT2D eigenvalue weighted by molar-refractivity contribution is -0.145. The summed E-state index contributed by atoms with van der Waals surface area (Å²) in [5.41, 5.74) is 1.43. The zero-order valence-electron chi connectivity index (χ0n) is 16.3. The number of ether oxygens (including phenoxy) is 2. The first-order valence-electron chi connectivity index (χ1n) is 9.50. The molecule has 1 fully saturated rings. The van der Waals surface area contributed by atoms with Crippen LogP contribution in [0.1, 0.15) is 29.8 Å². The molecule has 6 nitrogen and oxygen atoms in total. The van der Waals surface area contributed by atoms with E-state index in [9.17, 15) is 9.59 Å². The predicted molar refractivity (Wildman–Crippen MR) is 106 cm³/mol. The third-order valence-corrected chi connectivity index (χ3v) is 4.55. The zero-order chi connectivity index (χ0) is 19.9. The van der Waals surface area contributed by atoms with Crippen molar-refractivity contribution in [1.82, 2.24) is 10.2 Å². The van der Waals surface area contributed by atoms with Crippen LogP contribution in [0.15, 0.2) is 54.6 Å². The Bertz CT molecular complexity index is 799. The number of para-hydroxylation sites is 1. The van der Waals surface area contributed by atoms with Gasteiger partial charge in [-0.2, -0.15) is 0 Å². The van der Waals surface area contributed by atoms with Gasteiger partial charge in [0.2, 0.25) is 0 Å². The fourth-order valence-electron chi connectivity index (χ4n) is 3.27. The van der Waals surface area contributed by atoms with Gasteiger partial charge in [-0.1, -0.05) is 42.5 Å². The maximum atomic E-state index is 12.6. The van der Waals surface area contributed by atoms with Crippen molar-refractivity contribution in [3.8, 4) is 5.75 Å². The number of benzene rings is 2. The summed E-state index contributed by atoms with van der Waals surface area (Å²) in [6.07, 6.45) is 0.00695. The van der Waals surface area contributed by atoms with Crippen molar-refractivity contribution in [3.05, 3.63) is 65.7 Å². The molecule has 0 saturated carbocycles. The van der Waals surface area contributed by atoms with Crippen molar-refractivity contribution in [3.63, 3.8) is 0 Å². The number of carbonyl (C=O) groups is 2. The maximum absolute atomic E-state index is 12.6. The first kappa shape index (κ1) is 19.9. The maximum Gasteiger partial charge on any atom is 0.260 e. The summed E-state index contributed by atoms with van der Waals surface area (Å²) < 4.78 is 11.4. The Morgan fingerprint density at radius 2 is 1.68 bits per heavy atom. The van der Waals surface area contributed by atoms with Gasteiger partial charge in [-0.05, 0) is 31.5 Å². The molecule has 2 atom stereocenters. The van der Waals surface area contributed by atoms with Crippen molar-refractivity contribution in [2.24, 2.45) is 0 Å². The second-order valence-corrected chi connectivity index (χ2v) is 7.01. The molecule has 148 valence electrons. The molecule has 0 spiro atoms. The van der Waals surface area contributed by atoms with Gasteiger partial charge in [0.05, 0.1) is 17.8 Å². The second kappa shape index (κ2) is 9.37. The van der Waals surface area contributed by atoms with Crippen LogP contribution in [0.2, 0.25) is 0 Å². The molecule has 2 amide bonds. The van der Waals surface area contributed by atoms with E-state index < -0.39 is 0 Å². The Kier molecular flexibility index (Phi) is 6.66. The van der Waals surface area contributed by atoms with Gasteiger partial charge in [-0.3, -0.25) is 9.59 Å². The highest BCUT2D eigenvalue weighted by atomic mass is 16.5. The van der Waals surface area contributed by atoms with E-state index >= 15 is 0 Å². The Morgan fingerprint density at radius 1 is 1.04 bits per heavy atom. The van der Waals surface area contributed by atoms with Crippen molar-refractivity contribution >= 4 is 11.8 Å². The smallest absolute Gasteiger partial charge is 0.260 e. The first-order chi connectivity index (χ1) is 13.5. The van der Waals surface area contributed by atoms with E-state index in [2.05, 4.69) is 5.32 Å². The zero-order valence-corrected chi connectivity index (χ0v) is 16.3. The molecule has 2 aromatic carbocycles. The fourth-order valence-corrected chi connectivity index (χ4v) is 3.27. The summed E-state index contributed by atoms with van der Waals surface area (Å²) in [6, 6.07) is 16.6. The van der Waals surface area contributed by atoms with E-state index in [4.69, 9.17) is 9.47 Å². The number of amides is 2. The van der Waals surface area contributed by atoms with Gasteiger partial charge in [0.1, 0.15) is 5.75 Å². The van der Waals surface area contributed by atoms with Crippen LogP contribution >= 0.6 is 0 Å².